The van der Waals surface area contributed by atoms with Crippen LogP contribution in [0.5, 0.6) is 0 Å². The van der Waals surface area contributed by atoms with Crippen molar-refractivity contribution in [1.82, 2.24) is 9.78 Å². The Morgan fingerprint density at radius 2 is 2.00 bits per heavy atom. The van der Waals surface area contributed by atoms with Gasteiger partial charge in [-0.15, -0.1) is 11.8 Å². The molecule has 2 rings (SSSR count). The number of hydrogen-bond donors (Lipinski definition) is 1. The van der Waals surface area contributed by atoms with Crippen molar-refractivity contribution >= 4 is 11.8 Å². The summed E-state index contributed by atoms with van der Waals surface area (Å²) in [6, 6.07) is 7.97. The van der Waals surface area contributed by atoms with E-state index in [1.807, 2.05) is 48.4 Å². The van der Waals surface area contributed by atoms with Crippen LogP contribution in [0.3, 0.4) is 0 Å². The predicted octanol–water partition coefficient (Wildman–Crippen LogP) is 2.20. The topological polar surface area (TPSA) is 38.0 Å². The van der Waals surface area contributed by atoms with E-state index in [0.29, 0.717) is 0 Å². The predicted molar refractivity (Wildman–Crippen MR) is 65.1 cm³/mol. The summed E-state index contributed by atoms with van der Waals surface area (Å²) in [5.41, 5.74) is 2.17. The molecule has 1 heterocycles. The van der Waals surface area contributed by atoms with Gasteiger partial charge in [-0.25, -0.2) is 0 Å². The zero-order chi connectivity index (χ0) is 11.4. The Hall–Kier alpha value is -1.26. The molecule has 0 fully saturated rings. The van der Waals surface area contributed by atoms with Crippen molar-refractivity contribution < 1.29 is 5.11 Å². The number of rotatable bonds is 4. The van der Waals surface area contributed by atoms with Crippen molar-refractivity contribution in [2.24, 2.45) is 7.05 Å². The molecule has 0 amide bonds. The molecule has 1 aromatic heterocycles. The van der Waals surface area contributed by atoms with Gasteiger partial charge in [-0.1, -0.05) is 12.1 Å². The lowest BCUT2D eigenvalue weighted by atomic mass is 10.2. The average molecular weight is 234 g/mol. The first-order valence-electron chi connectivity index (χ1n) is 5.08. The van der Waals surface area contributed by atoms with Gasteiger partial charge in [0.25, 0.3) is 0 Å². The lowest BCUT2D eigenvalue weighted by Gasteiger charge is -2.01. The molecule has 0 saturated heterocycles. The summed E-state index contributed by atoms with van der Waals surface area (Å²) in [6.07, 6.45) is 3.91. The van der Waals surface area contributed by atoms with E-state index in [-0.39, 0.29) is 6.61 Å². The minimum Gasteiger partial charge on any atom is -0.392 e. The Bertz CT molecular complexity index is 450. The fraction of sp³-hybridized carbons (Fsp3) is 0.250. The third kappa shape index (κ3) is 2.87. The molecule has 16 heavy (non-hydrogen) atoms. The molecule has 0 aliphatic heterocycles. The van der Waals surface area contributed by atoms with Gasteiger partial charge in [0.1, 0.15) is 0 Å². The first kappa shape index (κ1) is 11.2. The van der Waals surface area contributed by atoms with Gasteiger partial charge in [0, 0.05) is 29.5 Å². The number of aryl methyl sites for hydroxylation is 1. The Morgan fingerprint density at radius 3 is 2.56 bits per heavy atom. The molecule has 0 aliphatic carbocycles. The fourth-order valence-electron chi connectivity index (χ4n) is 1.40. The molecular formula is C12H14N2OS. The van der Waals surface area contributed by atoms with Gasteiger partial charge in [0.2, 0.25) is 0 Å². The first-order chi connectivity index (χ1) is 7.78. The lowest BCUT2D eigenvalue weighted by molar-refractivity contribution is 0.282. The minimum absolute atomic E-state index is 0.105. The van der Waals surface area contributed by atoms with Crippen LogP contribution >= 0.6 is 11.8 Å². The van der Waals surface area contributed by atoms with Gasteiger partial charge in [-0.2, -0.15) is 5.10 Å². The van der Waals surface area contributed by atoms with Gasteiger partial charge in [0.15, 0.2) is 0 Å². The van der Waals surface area contributed by atoms with Gasteiger partial charge in [0.05, 0.1) is 12.8 Å². The monoisotopic (exact) mass is 234 g/mol. The summed E-state index contributed by atoms with van der Waals surface area (Å²) in [7, 11) is 1.92. The molecule has 0 unspecified atom stereocenters. The van der Waals surface area contributed by atoms with Gasteiger partial charge >= 0.3 is 0 Å². The Labute approximate surface area is 99.1 Å². The molecule has 0 bridgehead atoms. The van der Waals surface area contributed by atoms with E-state index in [2.05, 4.69) is 5.10 Å². The number of benzene rings is 1. The van der Waals surface area contributed by atoms with Crippen LogP contribution in [0.2, 0.25) is 0 Å². The largest absolute Gasteiger partial charge is 0.392 e. The van der Waals surface area contributed by atoms with Crippen molar-refractivity contribution in [2.75, 3.05) is 0 Å². The number of aliphatic hydroxyl groups is 1. The molecule has 1 aromatic carbocycles. The SMILES string of the molecule is Cn1cc(CSc2ccc(CO)cc2)cn1. The molecule has 0 saturated carbocycles. The highest BCUT2D eigenvalue weighted by Crippen LogP contribution is 2.22. The number of aromatic nitrogens is 2. The van der Waals surface area contributed by atoms with E-state index in [0.717, 1.165) is 11.3 Å². The number of nitrogens with zero attached hydrogens (tertiary/aromatic N) is 2. The second-order valence-corrected chi connectivity index (χ2v) is 4.66. The highest BCUT2D eigenvalue weighted by Gasteiger charge is 1.98. The van der Waals surface area contributed by atoms with Crippen LogP contribution in [0.1, 0.15) is 11.1 Å². The minimum atomic E-state index is 0.105. The zero-order valence-electron chi connectivity index (χ0n) is 9.13. The van der Waals surface area contributed by atoms with Crippen LogP contribution in [0.25, 0.3) is 0 Å². The second kappa shape index (κ2) is 5.18. The molecular weight excluding hydrogens is 220 g/mol. The summed E-state index contributed by atoms with van der Waals surface area (Å²) < 4.78 is 1.81. The molecule has 4 heteroatoms. The lowest BCUT2D eigenvalue weighted by Crippen LogP contribution is -1.84. The average Bonchev–Trinajstić information content (AvgIpc) is 2.73. The fourth-order valence-corrected chi connectivity index (χ4v) is 2.22. The summed E-state index contributed by atoms with van der Waals surface area (Å²) >= 11 is 1.77. The third-order valence-electron chi connectivity index (χ3n) is 2.27. The smallest absolute Gasteiger partial charge is 0.0681 e. The summed E-state index contributed by atoms with van der Waals surface area (Å²) in [4.78, 5) is 1.21. The summed E-state index contributed by atoms with van der Waals surface area (Å²) in [6.45, 7) is 0.105. The molecule has 0 aliphatic rings. The van der Waals surface area contributed by atoms with Crippen LogP contribution in [0.4, 0.5) is 0 Å². The Kier molecular flexibility index (Phi) is 3.64. The van der Waals surface area contributed by atoms with Crippen LogP contribution in [-0.2, 0) is 19.4 Å². The highest BCUT2D eigenvalue weighted by molar-refractivity contribution is 7.98. The van der Waals surface area contributed by atoms with Crippen LogP contribution < -0.4 is 0 Å². The van der Waals surface area contributed by atoms with Gasteiger partial charge in [-0.05, 0) is 17.7 Å². The third-order valence-corrected chi connectivity index (χ3v) is 3.35. The second-order valence-electron chi connectivity index (χ2n) is 3.61. The molecule has 0 atom stereocenters. The zero-order valence-corrected chi connectivity index (χ0v) is 9.94. The maximum atomic E-state index is 8.92. The van der Waals surface area contributed by atoms with E-state index in [4.69, 9.17) is 5.11 Å². The molecule has 0 radical (unpaired) electrons. The maximum Gasteiger partial charge on any atom is 0.0681 e. The van der Waals surface area contributed by atoms with E-state index < -0.39 is 0 Å². The Balaban J connectivity index is 1.94. The van der Waals surface area contributed by atoms with Crippen molar-refractivity contribution in [3.63, 3.8) is 0 Å². The number of hydrogen-bond acceptors (Lipinski definition) is 3. The number of aliphatic hydroxyl groups excluding tert-OH is 1. The molecule has 0 spiro atoms. The standard InChI is InChI=1S/C12H14N2OS/c1-14-7-11(6-13-14)9-16-12-4-2-10(8-15)3-5-12/h2-7,15H,8-9H2,1H3. The first-order valence-corrected chi connectivity index (χ1v) is 6.06. The van der Waals surface area contributed by atoms with Crippen molar-refractivity contribution in [1.29, 1.82) is 0 Å². The van der Waals surface area contributed by atoms with Gasteiger partial charge < -0.3 is 5.11 Å². The number of thioether (sulfide) groups is 1. The molecule has 1 N–H and O–H groups in total. The van der Waals surface area contributed by atoms with E-state index >= 15 is 0 Å². The van der Waals surface area contributed by atoms with Crippen molar-refractivity contribution in [3.05, 3.63) is 47.8 Å². The molecule has 84 valence electrons. The normalized spacial score (nSPS) is 10.6. The van der Waals surface area contributed by atoms with Crippen LogP contribution in [0.15, 0.2) is 41.6 Å². The molecule has 2 aromatic rings. The quantitative estimate of drug-likeness (QED) is 0.824. The van der Waals surface area contributed by atoms with Gasteiger partial charge in [-0.3, -0.25) is 4.68 Å². The summed E-state index contributed by atoms with van der Waals surface area (Å²) in [5.74, 6) is 0.923. The van der Waals surface area contributed by atoms with Crippen molar-refractivity contribution in [3.8, 4) is 0 Å². The Morgan fingerprint density at radius 1 is 1.25 bits per heavy atom. The summed E-state index contributed by atoms with van der Waals surface area (Å²) in [5, 5.41) is 13.0. The van der Waals surface area contributed by atoms with Crippen LogP contribution in [0, 0.1) is 0 Å². The highest BCUT2D eigenvalue weighted by atomic mass is 32.2. The van der Waals surface area contributed by atoms with E-state index in [1.165, 1.54) is 10.5 Å². The van der Waals surface area contributed by atoms with E-state index in [9.17, 15) is 0 Å². The maximum absolute atomic E-state index is 8.92. The van der Waals surface area contributed by atoms with Crippen LogP contribution in [-0.4, -0.2) is 14.9 Å². The molecule has 3 nitrogen and oxygen atoms in total. The van der Waals surface area contributed by atoms with Crippen molar-refractivity contribution in [2.45, 2.75) is 17.3 Å². The van der Waals surface area contributed by atoms with E-state index in [1.54, 1.807) is 11.8 Å².